The number of hydrogen-bond donors (Lipinski definition) is 0. The normalized spacial score (nSPS) is 45.7. The van der Waals surface area contributed by atoms with E-state index in [1.807, 2.05) is 6.92 Å². The number of halogens is 1. The summed E-state index contributed by atoms with van der Waals surface area (Å²) >= 11 is 6.70. The van der Waals surface area contributed by atoms with Gasteiger partial charge in [-0.1, -0.05) is 26.2 Å². The predicted molar refractivity (Wildman–Crippen MR) is 114 cm³/mol. The van der Waals surface area contributed by atoms with E-state index >= 15 is 0 Å². The summed E-state index contributed by atoms with van der Waals surface area (Å²) in [6.45, 7) is 1.92. The van der Waals surface area contributed by atoms with Crippen LogP contribution in [-0.4, -0.2) is 61.2 Å². The Hall–Kier alpha value is -0.950. The van der Waals surface area contributed by atoms with E-state index in [1.54, 1.807) is 14.2 Å². The van der Waals surface area contributed by atoms with Crippen LogP contribution in [0.3, 0.4) is 0 Å². The summed E-state index contributed by atoms with van der Waals surface area (Å²) in [5, 5.41) is -0.505. The lowest BCUT2D eigenvalue weighted by molar-refractivity contribution is -0.159. The average Bonchev–Trinajstić information content (AvgIpc) is 3.34. The van der Waals surface area contributed by atoms with Crippen molar-refractivity contribution in [2.24, 2.45) is 17.8 Å². The van der Waals surface area contributed by atoms with Gasteiger partial charge in [-0.25, -0.2) is 0 Å². The van der Waals surface area contributed by atoms with Gasteiger partial charge in [0.25, 0.3) is 0 Å². The second-order valence-electron chi connectivity index (χ2n) is 10.0. The van der Waals surface area contributed by atoms with Crippen molar-refractivity contribution in [1.82, 2.24) is 0 Å². The first-order valence-electron chi connectivity index (χ1n) is 11.8. The molecule has 6 nitrogen and oxygen atoms in total. The minimum Gasteiger partial charge on any atom is -0.494 e. The molecule has 3 aliphatic carbocycles. The second-order valence-corrected chi connectivity index (χ2v) is 10.5. The van der Waals surface area contributed by atoms with E-state index in [9.17, 15) is 9.59 Å². The first-order valence-corrected chi connectivity index (χ1v) is 12.2. The van der Waals surface area contributed by atoms with Gasteiger partial charge in [-0.3, -0.25) is 9.59 Å². The molecule has 0 aromatic heterocycles. The zero-order valence-corrected chi connectivity index (χ0v) is 19.4. The number of ketones is 2. The molecule has 2 heterocycles. The molecule has 1 spiro atoms. The van der Waals surface area contributed by atoms with Crippen LogP contribution >= 0.6 is 11.6 Å². The third kappa shape index (κ3) is 3.16. The molecular formula is C24H33ClO6. The summed E-state index contributed by atoms with van der Waals surface area (Å²) in [5.74, 6) is 0.0498. The number of rotatable bonds is 3. The van der Waals surface area contributed by atoms with E-state index < -0.39 is 23.0 Å². The van der Waals surface area contributed by atoms with Gasteiger partial charge in [0.2, 0.25) is 5.78 Å². The van der Waals surface area contributed by atoms with Gasteiger partial charge < -0.3 is 18.9 Å². The number of carbonyl (C=O) groups excluding carboxylic acids is 2. The van der Waals surface area contributed by atoms with Crippen LogP contribution in [0.5, 0.6) is 0 Å². The van der Waals surface area contributed by atoms with Crippen LogP contribution < -0.4 is 0 Å². The van der Waals surface area contributed by atoms with Crippen molar-refractivity contribution in [3.63, 3.8) is 0 Å². The fourth-order valence-electron chi connectivity index (χ4n) is 6.74. The Morgan fingerprint density at radius 3 is 2.42 bits per heavy atom. The highest BCUT2D eigenvalue weighted by Crippen LogP contribution is 2.53. The smallest absolute Gasteiger partial charge is 0.202 e. The summed E-state index contributed by atoms with van der Waals surface area (Å²) in [4.78, 5) is 27.7. The maximum atomic E-state index is 13.9. The van der Waals surface area contributed by atoms with Crippen LogP contribution in [0.15, 0.2) is 11.3 Å². The van der Waals surface area contributed by atoms with Gasteiger partial charge in [0.15, 0.2) is 11.4 Å². The molecular weight excluding hydrogens is 420 g/mol. The Morgan fingerprint density at radius 1 is 1.03 bits per heavy atom. The third-order valence-electron chi connectivity index (χ3n) is 8.49. The first-order chi connectivity index (χ1) is 14.9. The molecule has 0 amide bonds. The number of alkyl halides is 1. The van der Waals surface area contributed by atoms with Crippen molar-refractivity contribution in [2.75, 3.05) is 14.2 Å². The van der Waals surface area contributed by atoms with Crippen LogP contribution in [-0.2, 0) is 28.5 Å². The number of Topliss-reactive ketones (excluding diaryl/α,β-unsaturated/α-hetero) is 2. The second kappa shape index (κ2) is 8.12. The molecule has 5 aliphatic rings. The molecule has 5 unspecified atom stereocenters. The van der Waals surface area contributed by atoms with Crippen molar-refractivity contribution < 1.29 is 28.5 Å². The number of methoxy groups -OCH3 is 2. The van der Waals surface area contributed by atoms with Crippen LogP contribution in [0.2, 0.25) is 0 Å². The van der Waals surface area contributed by atoms with E-state index in [2.05, 4.69) is 0 Å². The van der Waals surface area contributed by atoms with Crippen LogP contribution in [0.4, 0.5) is 0 Å². The zero-order valence-electron chi connectivity index (χ0n) is 18.6. The van der Waals surface area contributed by atoms with Crippen molar-refractivity contribution in [2.45, 2.75) is 93.7 Å². The van der Waals surface area contributed by atoms with Gasteiger partial charge in [0.05, 0.1) is 29.6 Å². The third-order valence-corrected chi connectivity index (χ3v) is 9.02. The molecule has 3 fully saturated rings. The molecule has 1 saturated heterocycles. The lowest BCUT2D eigenvalue weighted by atomic mass is 9.68. The number of fused-ring (bicyclic) bond motifs is 1. The maximum absolute atomic E-state index is 13.9. The van der Waals surface area contributed by atoms with Crippen molar-refractivity contribution in [3.8, 4) is 0 Å². The van der Waals surface area contributed by atoms with Crippen molar-refractivity contribution in [3.05, 3.63) is 11.3 Å². The Morgan fingerprint density at radius 2 is 1.74 bits per heavy atom. The molecule has 7 heteroatoms. The largest absolute Gasteiger partial charge is 0.494 e. The van der Waals surface area contributed by atoms with E-state index in [1.165, 1.54) is 19.3 Å². The van der Waals surface area contributed by atoms with Gasteiger partial charge in [-0.15, -0.1) is 11.6 Å². The number of allylic oxidation sites excluding steroid dienone is 1. The molecule has 31 heavy (non-hydrogen) atoms. The van der Waals surface area contributed by atoms with E-state index in [4.69, 9.17) is 30.5 Å². The van der Waals surface area contributed by atoms with Gasteiger partial charge in [-0.2, -0.15) is 0 Å². The lowest BCUT2D eigenvalue weighted by Crippen LogP contribution is -2.54. The molecule has 0 aromatic carbocycles. The van der Waals surface area contributed by atoms with Gasteiger partial charge >= 0.3 is 0 Å². The van der Waals surface area contributed by atoms with Crippen molar-refractivity contribution in [1.29, 1.82) is 0 Å². The molecule has 2 saturated carbocycles. The molecule has 0 bridgehead atoms. The maximum Gasteiger partial charge on any atom is 0.202 e. The van der Waals surface area contributed by atoms with Gasteiger partial charge in [0, 0.05) is 45.0 Å². The first kappa shape index (κ1) is 21.9. The number of carbonyl (C=O) groups is 2. The lowest BCUT2D eigenvalue weighted by Gasteiger charge is -2.39. The van der Waals surface area contributed by atoms with Crippen molar-refractivity contribution >= 4 is 23.2 Å². The van der Waals surface area contributed by atoms with Crippen LogP contribution in [0.25, 0.3) is 0 Å². The van der Waals surface area contributed by atoms with E-state index in [0.717, 1.165) is 18.6 Å². The molecule has 0 aromatic rings. The molecule has 0 radical (unpaired) electrons. The topological polar surface area (TPSA) is 71.1 Å². The fourth-order valence-corrected chi connectivity index (χ4v) is 7.15. The van der Waals surface area contributed by atoms with E-state index in [0.29, 0.717) is 30.8 Å². The van der Waals surface area contributed by atoms with E-state index in [-0.39, 0.29) is 35.8 Å². The molecule has 172 valence electrons. The van der Waals surface area contributed by atoms with Crippen LogP contribution in [0.1, 0.15) is 58.3 Å². The highest BCUT2D eigenvalue weighted by molar-refractivity contribution is 6.24. The highest BCUT2D eigenvalue weighted by atomic mass is 35.5. The summed E-state index contributed by atoms with van der Waals surface area (Å²) in [6.07, 6.45) is 6.50. The highest BCUT2D eigenvalue weighted by Gasteiger charge is 2.68. The fraction of sp³-hybridized carbons (Fsp3) is 0.833. The molecule has 2 aliphatic heterocycles. The molecule has 8 atom stereocenters. The molecule has 0 N–H and O–H groups in total. The number of ether oxygens (including phenoxy) is 4. The Labute approximate surface area is 188 Å². The molecule has 5 rings (SSSR count). The quantitative estimate of drug-likeness (QED) is 0.481. The van der Waals surface area contributed by atoms with Crippen LogP contribution in [0, 0.1) is 17.8 Å². The predicted octanol–water partition coefficient (Wildman–Crippen LogP) is 3.58. The average molecular weight is 453 g/mol. The number of hydrogen-bond acceptors (Lipinski definition) is 6. The zero-order chi connectivity index (χ0) is 21.9. The summed E-state index contributed by atoms with van der Waals surface area (Å²) < 4.78 is 23.9. The summed E-state index contributed by atoms with van der Waals surface area (Å²) in [5.41, 5.74) is -0.810. The van der Waals surface area contributed by atoms with Gasteiger partial charge in [-0.05, 0) is 18.8 Å². The minimum atomic E-state index is -1.48. The summed E-state index contributed by atoms with van der Waals surface area (Å²) in [7, 11) is 3.19. The summed E-state index contributed by atoms with van der Waals surface area (Å²) in [6, 6.07) is 0. The standard InChI is InChI=1S/C24H33ClO6/c1-12-9-16-14(10-15(30-16)13-7-5-4-6-8-13)22(26)24(12)23(27)19-17(28-2)11-18(29-3)20(25)21(19)31-24/h12-13,15,17-21H,4-11H2,1-3H3/t12-,15+,17?,18?,19?,20?,21?,24+/m1/s1. The Kier molecular flexibility index (Phi) is 5.73. The Bertz CT molecular complexity index is 789. The van der Waals surface area contributed by atoms with Gasteiger partial charge in [0.1, 0.15) is 11.9 Å². The monoisotopic (exact) mass is 452 g/mol. The SMILES string of the molecule is COC1CC(OC)C2C(=O)[C@@]3(OC2C1Cl)C(=O)C1=C(C[C@H]3C)O[C@H](C2CCCCC2)C1. The minimum absolute atomic E-state index is 0.0563. The Balaban J connectivity index is 1.44.